The predicted molar refractivity (Wildman–Crippen MR) is 86.8 cm³/mol. The van der Waals surface area contributed by atoms with Crippen LogP contribution in [0.3, 0.4) is 0 Å². The van der Waals surface area contributed by atoms with Crippen molar-refractivity contribution in [1.82, 2.24) is 9.97 Å². The number of methoxy groups -OCH3 is 2. The molecule has 0 amide bonds. The zero-order valence-electron chi connectivity index (χ0n) is 12.3. The highest BCUT2D eigenvalue weighted by Crippen LogP contribution is 2.39. The van der Waals surface area contributed by atoms with Crippen molar-refractivity contribution in [2.45, 2.75) is 44.3 Å². The molecule has 0 aromatic carbocycles. The summed E-state index contributed by atoms with van der Waals surface area (Å²) >= 11 is 2.26. The number of nitrogens with one attached hydrogen (secondary N) is 1. The first-order valence-electron chi connectivity index (χ1n) is 6.95. The Morgan fingerprint density at radius 2 is 1.90 bits per heavy atom. The van der Waals surface area contributed by atoms with Crippen molar-refractivity contribution < 1.29 is 9.47 Å². The van der Waals surface area contributed by atoms with Crippen LogP contribution < -0.4 is 5.32 Å². The summed E-state index contributed by atoms with van der Waals surface area (Å²) in [7, 11) is 5.33. The first-order valence-corrected chi connectivity index (χ1v) is 8.03. The summed E-state index contributed by atoms with van der Waals surface area (Å²) < 4.78 is 12.1. The van der Waals surface area contributed by atoms with Crippen molar-refractivity contribution in [3.63, 3.8) is 0 Å². The van der Waals surface area contributed by atoms with Gasteiger partial charge in [0.05, 0.1) is 15.9 Å². The van der Waals surface area contributed by atoms with Crippen LogP contribution in [-0.2, 0) is 21.7 Å². The van der Waals surface area contributed by atoms with Crippen LogP contribution in [0.25, 0.3) is 0 Å². The Kier molecular flexibility index (Phi) is 5.57. The van der Waals surface area contributed by atoms with Gasteiger partial charge in [0, 0.05) is 21.3 Å². The number of halogens is 1. The number of nitrogens with zero attached hydrogens (tertiary/aromatic N) is 2. The van der Waals surface area contributed by atoms with Crippen molar-refractivity contribution in [2.75, 3.05) is 26.6 Å². The third-order valence-corrected chi connectivity index (χ3v) is 5.03. The van der Waals surface area contributed by atoms with E-state index in [0.717, 1.165) is 46.6 Å². The molecule has 5 nitrogen and oxygen atoms in total. The molecule has 2 rings (SSSR count). The molecule has 6 heteroatoms. The van der Waals surface area contributed by atoms with E-state index < -0.39 is 0 Å². The lowest BCUT2D eigenvalue weighted by molar-refractivity contribution is -0.0517. The maximum absolute atomic E-state index is 5.84. The van der Waals surface area contributed by atoms with E-state index in [1.54, 1.807) is 14.2 Å². The van der Waals surface area contributed by atoms with Crippen LogP contribution >= 0.6 is 22.6 Å². The van der Waals surface area contributed by atoms with Gasteiger partial charge in [0.15, 0.2) is 5.82 Å². The Bertz CT molecular complexity index is 462. The molecule has 0 bridgehead atoms. The zero-order chi connectivity index (χ0) is 14.6. The SMILES string of the molecule is CNc1nc(C2(OC)CCCCC2)nc(COC)c1I. The van der Waals surface area contributed by atoms with E-state index in [1.165, 1.54) is 6.42 Å². The summed E-state index contributed by atoms with van der Waals surface area (Å²) in [5.41, 5.74) is 0.584. The van der Waals surface area contributed by atoms with E-state index in [-0.39, 0.29) is 5.60 Å². The lowest BCUT2D eigenvalue weighted by atomic mass is 9.84. The standard InChI is InChI=1S/C14H22IN3O2/c1-16-12-11(15)10(9-19-2)17-13(18-12)14(20-3)7-5-4-6-8-14/h4-9H2,1-3H3,(H,16,17,18). The molecule has 0 unspecified atom stereocenters. The second-order valence-corrected chi connectivity index (χ2v) is 6.18. The summed E-state index contributed by atoms with van der Waals surface area (Å²) in [6.45, 7) is 0.488. The van der Waals surface area contributed by atoms with Crippen LogP contribution in [-0.4, -0.2) is 31.2 Å². The van der Waals surface area contributed by atoms with Crippen LogP contribution in [0, 0.1) is 3.57 Å². The van der Waals surface area contributed by atoms with Crippen molar-refractivity contribution in [3.05, 3.63) is 15.1 Å². The maximum atomic E-state index is 5.84. The molecule has 0 atom stereocenters. The molecule has 1 N–H and O–H groups in total. The highest BCUT2D eigenvalue weighted by atomic mass is 127. The molecule has 1 aliphatic carbocycles. The third kappa shape index (κ3) is 3.07. The molecule has 0 saturated heterocycles. The average Bonchev–Trinajstić information content (AvgIpc) is 2.50. The molecule has 0 aliphatic heterocycles. The number of hydrogen-bond donors (Lipinski definition) is 1. The first-order chi connectivity index (χ1) is 9.66. The smallest absolute Gasteiger partial charge is 0.163 e. The number of ether oxygens (including phenoxy) is 2. The van der Waals surface area contributed by atoms with E-state index in [1.807, 2.05) is 7.05 Å². The monoisotopic (exact) mass is 391 g/mol. The van der Waals surface area contributed by atoms with Gasteiger partial charge in [0.25, 0.3) is 0 Å². The lowest BCUT2D eigenvalue weighted by Gasteiger charge is -2.35. The second kappa shape index (κ2) is 7.00. The first kappa shape index (κ1) is 15.9. The summed E-state index contributed by atoms with van der Waals surface area (Å²) in [6, 6.07) is 0. The Labute approximate surface area is 134 Å². The fourth-order valence-electron chi connectivity index (χ4n) is 2.74. The molecular formula is C14H22IN3O2. The van der Waals surface area contributed by atoms with E-state index in [0.29, 0.717) is 6.61 Å². The van der Waals surface area contributed by atoms with Gasteiger partial charge >= 0.3 is 0 Å². The zero-order valence-corrected chi connectivity index (χ0v) is 14.5. The van der Waals surface area contributed by atoms with Crippen LogP contribution in [0.5, 0.6) is 0 Å². The molecule has 1 saturated carbocycles. The summed E-state index contributed by atoms with van der Waals surface area (Å²) in [5, 5.41) is 3.15. The Hall–Kier alpha value is -0.470. The molecule has 1 fully saturated rings. The molecule has 1 aromatic rings. The molecule has 0 spiro atoms. The van der Waals surface area contributed by atoms with E-state index in [4.69, 9.17) is 19.4 Å². The number of aromatic nitrogens is 2. The van der Waals surface area contributed by atoms with Gasteiger partial charge in [-0.05, 0) is 35.4 Å². The van der Waals surface area contributed by atoms with Gasteiger partial charge in [-0.1, -0.05) is 19.3 Å². The van der Waals surface area contributed by atoms with Gasteiger partial charge in [-0.15, -0.1) is 0 Å². The molecule has 112 valence electrons. The Balaban J connectivity index is 2.46. The number of rotatable bonds is 5. The fourth-order valence-corrected chi connectivity index (χ4v) is 3.40. The third-order valence-electron chi connectivity index (χ3n) is 3.90. The molecule has 20 heavy (non-hydrogen) atoms. The van der Waals surface area contributed by atoms with Crippen LogP contribution in [0.4, 0.5) is 5.82 Å². The Morgan fingerprint density at radius 3 is 2.45 bits per heavy atom. The van der Waals surface area contributed by atoms with Crippen molar-refractivity contribution in [1.29, 1.82) is 0 Å². The maximum Gasteiger partial charge on any atom is 0.163 e. The van der Waals surface area contributed by atoms with E-state index in [2.05, 4.69) is 27.9 Å². The highest BCUT2D eigenvalue weighted by molar-refractivity contribution is 14.1. The number of anilines is 1. The largest absolute Gasteiger partial charge is 0.378 e. The summed E-state index contributed by atoms with van der Waals surface area (Å²) in [4.78, 5) is 9.42. The highest BCUT2D eigenvalue weighted by Gasteiger charge is 2.37. The van der Waals surface area contributed by atoms with Gasteiger partial charge in [-0.3, -0.25) is 0 Å². The molecule has 1 aromatic heterocycles. The quantitative estimate of drug-likeness (QED) is 0.782. The summed E-state index contributed by atoms with van der Waals surface area (Å²) in [6.07, 6.45) is 5.56. The average molecular weight is 391 g/mol. The van der Waals surface area contributed by atoms with Crippen molar-refractivity contribution in [3.8, 4) is 0 Å². The number of hydrogen-bond acceptors (Lipinski definition) is 5. The molecule has 0 radical (unpaired) electrons. The minimum Gasteiger partial charge on any atom is -0.378 e. The topological polar surface area (TPSA) is 56.3 Å². The van der Waals surface area contributed by atoms with Crippen LogP contribution in [0.1, 0.15) is 43.6 Å². The van der Waals surface area contributed by atoms with Gasteiger partial charge in [-0.2, -0.15) is 0 Å². The molecule has 1 aliphatic rings. The van der Waals surface area contributed by atoms with Gasteiger partial charge in [-0.25, -0.2) is 9.97 Å². The summed E-state index contributed by atoms with van der Waals surface area (Å²) in [5.74, 6) is 1.64. The molecular weight excluding hydrogens is 369 g/mol. The van der Waals surface area contributed by atoms with Gasteiger partial charge in [0.2, 0.25) is 0 Å². The van der Waals surface area contributed by atoms with Crippen molar-refractivity contribution in [2.24, 2.45) is 0 Å². The van der Waals surface area contributed by atoms with E-state index in [9.17, 15) is 0 Å². The van der Waals surface area contributed by atoms with Crippen LogP contribution in [0.15, 0.2) is 0 Å². The minimum absolute atomic E-state index is 0.337. The fraction of sp³-hybridized carbons (Fsp3) is 0.714. The predicted octanol–water partition coefficient (Wildman–Crippen LogP) is 3.08. The molecule has 1 heterocycles. The minimum atomic E-state index is -0.337. The lowest BCUT2D eigenvalue weighted by Crippen LogP contribution is -2.34. The van der Waals surface area contributed by atoms with Gasteiger partial charge in [0.1, 0.15) is 11.4 Å². The Morgan fingerprint density at radius 1 is 1.20 bits per heavy atom. The second-order valence-electron chi connectivity index (χ2n) is 5.10. The normalized spacial score (nSPS) is 18.0. The van der Waals surface area contributed by atoms with Crippen molar-refractivity contribution >= 4 is 28.4 Å². The van der Waals surface area contributed by atoms with Gasteiger partial charge < -0.3 is 14.8 Å². The van der Waals surface area contributed by atoms with E-state index >= 15 is 0 Å². The van der Waals surface area contributed by atoms with Crippen LogP contribution in [0.2, 0.25) is 0 Å².